The molecule has 0 radical (unpaired) electrons. The van der Waals surface area contributed by atoms with Crippen molar-refractivity contribution in [1.29, 1.82) is 0 Å². The molecular weight excluding hydrogens is 432 g/mol. The molecule has 0 unspecified atom stereocenters. The molecule has 2 rings (SSSR count). The monoisotopic (exact) mass is 444 g/mol. The lowest BCUT2D eigenvalue weighted by Gasteiger charge is -2.16. The van der Waals surface area contributed by atoms with Crippen molar-refractivity contribution in [2.24, 2.45) is 0 Å². The highest BCUT2D eigenvalue weighted by atomic mass is 35.5. The van der Waals surface area contributed by atoms with Crippen molar-refractivity contribution >= 4 is 38.9 Å². The van der Waals surface area contributed by atoms with Gasteiger partial charge in [0.1, 0.15) is 22.4 Å². The van der Waals surface area contributed by atoms with Crippen molar-refractivity contribution in [3.63, 3.8) is 0 Å². The van der Waals surface area contributed by atoms with Crippen LogP contribution < -0.4 is 9.46 Å². The summed E-state index contributed by atoms with van der Waals surface area (Å²) in [6.45, 7) is 0.153. The maximum Gasteiger partial charge on any atom is 0.416 e. The molecule has 1 heterocycles. The predicted octanol–water partition coefficient (Wildman–Crippen LogP) is 4.23. The minimum absolute atomic E-state index is 0.000150. The second-order valence-corrected chi connectivity index (χ2v) is 7.47. The van der Waals surface area contributed by atoms with Gasteiger partial charge in [0.15, 0.2) is 5.15 Å². The van der Waals surface area contributed by atoms with Gasteiger partial charge in [-0.3, -0.25) is 4.72 Å². The average molecular weight is 445 g/mol. The van der Waals surface area contributed by atoms with Crippen LogP contribution in [-0.4, -0.2) is 33.7 Å². The van der Waals surface area contributed by atoms with Gasteiger partial charge in [-0.25, -0.2) is 13.4 Å². The molecule has 148 valence electrons. The summed E-state index contributed by atoms with van der Waals surface area (Å²) < 4.78 is 76.2. The Hall–Kier alpha value is -1.75. The van der Waals surface area contributed by atoms with E-state index in [2.05, 4.69) is 4.98 Å². The third-order valence-corrected chi connectivity index (χ3v) is 5.17. The molecule has 0 aliphatic heterocycles. The molecule has 1 aromatic heterocycles. The fourth-order valence-corrected chi connectivity index (χ4v) is 3.67. The molecule has 1 aromatic carbocycles. The first-order chi connectivity index (χ1) is 12.5. The maximum atomic E-state index is 13.0. The average Bonchev–Trinajstić information content (AvgIpc) is 2.54. The lowest BCUT2D eigenvalue weighted by Crippen LogP contribution is -2.16. The molecule has 0 aliphatic carbocycles. The Kier molecular flexibility index (Phi) is 6.79. The minimum Gasteiger partial charge on any atom is -0.489 e. The number of hydrogen-bond donors (Lipinski definition) is 1. The van der Waals surface area contributed by atoms with Gasteiger partial charge in [-0.15, -0.1) is 0 Å². The largest absolute Gasteiger partial charge is 0.489 e. The zero-order valence-electron chi connectivity index (χ0n) is 13.7. The van der Waals surface area contributed by atoms with E-state index in [4.69, 9.17) is 32.7 Å². The van der Waals surface area contributed by atoms with Crippen LogP contribution in [0.3, 0.4) is 0 Å². The Bertz CT molecular complexity index is 924. The van der Waals surface area contributed by atoms with Crippen LogP contribution in [0.15, 0.2) is 35.2 Å². The van der Waals surface area contributed by atoms with E-state index in [9.17, 15) is 21.6 Å². The molecule has 0 fully saturated rings. The fraction of sp³-hybridized carbons (Fsp3) is 0.267. The summed E-state index contributed by atoms with van der Waals surface area (Å²) in [5.74, 6) is -0.110. The quantitative estimate of drug-likeness (QED) is 0.510. The van der Waals surface area contributed by atoms with Gasteiger partial charge >= 0.3 is 6.18 Å². The van der Waals surface area contributed by atoms with Crippen molar-refractivity contribution in [2.45, 2.75) is 11.1 Å². The van der Waals surface area contributed by atoms with Gasteiger partial charge in [0.05, 0.1) is 17.9 Å². The Morgan fingerprint density at radius 1 is 1.15 bits per heavy atom. The second kappa shape index (κ2) is 8.51. The van der Waals surface area contributed by atoms with Crippen molar-refractivity contribution in [3.05, 3.63) is 46.2 Å². The van der Waals surface area contributed by atoms with Gasteiger partial charge in [-0.05, 0) is 30.3 Å². The predicted molar refractivity (Wildman–Crippen MR) is 93.9 cm³/mol. The molecule has 12 heteroatoms. The van der Waals surface area contributed by atoms with Gasteiger partial charge in [-0.2, -0.15) is 13.2 Å². The molecule has 0 amide bonds. The number of benzene rings is 1. The Labute approximate surface area is 163 Å². The number of hydrogen-bond acceptors (Lipinski definition) is 5. The SMILES string of the molecule is COCCOc1ccc(C(F)(F)F)cc1NS(=O)(=O)c1ccc(Cl)nc1Cl. The van der Waals surface area contributed by atoms with E-state index in [1.165, 1.54) is 13.2 Å². The van der Waals surface area contributed by atoms with E-state index < -0.39 is 37.5 Å². The number of anilines is 1. The molecule has 0 aliphatic rings. The standard InChI is InChI=1S/C15H13Cl2F3N2O4S/c1-25-6-7-26-11-3-2-9(15(18,19)20)8-10(11)22-27(23,24)12-4-5-13(16)21-14(12)17/h2-5,8,22H,6-7H2,1H3. The van der Waals surface area contributed by atoms with Crippen LogP contribution in [0.2, 0.25) is 10.3 Å². The van der Waals surface area contributed by atoms with E-state index in [1.54, 1.807) is 0 Å². The van der Waals surface area contributed by atoms with Crippen LogP contribution in [0.5, 0.6) is 5.75 Å². The van der Waals surface area contributed by atoms with Crippen LogP contribution in [0.4, 0.5) is 18.9 Å². The molecule has 0 saturated heterocycles. The van der Waals surface area contributed by atoms with Gasteiger partial charge in [0.2, 0.25) is 0 Å². The molecular formula is C15H13Cl2F3N2O4S. The third kappa shape index (κ3) is 5.61. The van der Waals surface area contributed by atoms with Gasteiger partial charge in [0.25, 0.3) is 10.0 Å². The highest BCUT2D eigenvalue weighted by Gasteiger charge is 2.32. The van der Waals surface area contributed by atoms with E-state index in [0.29, 0.717) is 6.07 Å². The number of nitrogens with zero attached hydrogens (tertiary/aromatic N) is 1. The summed E-state index contributed by atoms with van der Waals surface area (Å²) in [6.07, 6.45) is -4.68. The van der Waals surface area contributed by atoms with Gasteiger partial charge < -0.3 is 9.47 Å². The summed E-state index contributed by atoms with van der Waals surface area (Å²) in [6, 6.07) is 4.68. The maximum absolute atomic E-state index is 13.0. The van der Waals surface area contributed by atoms with E-state index in [1.807, 2.05) is 4.72 Å². The summed E-state index contributed by atoms with van der Waals surface area (Å²) in [7, 11) is -2.95. The normalized spacial score (nSPS) is 12.1. The van der Waals surface area contributed by atoms with Crippen LogP contribution >= 0.6 is 23.2 Å². The second-order valence-electron chi connectivity index (χ2n) is 5.08. The molecule has 1 N–H and O–H groups in total. The first kappa shape index (κ1) is 21.5. The number of halogens is 5. The van der Waals surface area contributed by atoms with E-state index in [0.717, 1.165) is 18.2 Å². The van der Waals surface area contributed by atoms with Gasteiger partial charge in [0, 0.05) is 7.11 Å². The minimum atomic E-state index is -4.68. The van der Waals surface area contributed by atoms with Crippen LogP contribution in [-0.2, 0) is 20.9 Å². The Morgan fingerprint density at radius 3 is 2.44 bits per heavy atom. The molecule has 27 heavy (non-hydrogen) atoms. The van der Waals surface area contributed by atoms with E-state index >= 15 is 0 Å². The lowest BCUT2D eigenvalue weighted by atomic mass is 10.2. The zero-order chi connectivity index (χ0) is 20.2. The lowest BCUT2D eigenvalue weighted by molar-refractivity contribution is -0.137. The van der Waals surface area contributed by atoms with Crippen molar-refractivity contribution in [3.8, 4) is 5.75 Å². The number of nitrogens with one attached hydrogen (secondary N) is 1. The highest BCUT2D eigenvalue weighted by Crippen LogP contribution is 2.36. The molecule has 6 nitrogen and oxygen atoms in total. The summed E-state index contributed by atoms with van der Waals surface area (Å²) in [4.78, 5) is 3.16. The zero-order valence-corrected chi connectivity index (χ0v) is 16.0. The van der Waals surface area contributed by atoms with Crippen molar-refractivity contribution in [1.82, 2.24) is 4.98 Å². The Morgan fingerprint density at radius 2 is 1.85 bits per heavy atom. The number of aromatic nitrogens is 1. The third-order valence-electron chi connectivity index (χ3n) is 3.17. The van der Waals surface area contributed by atoms with Crippen LogP contribution in [0.25, 0.3) is 0 Å². The fourth-order valence-electron chi connectivity index (χ4n) is 1.95. The number of rotatable bonds is 7. The summed E-state index contributed by atoms with van der Waals surface area (Å²) >= 11 is 11.4. The first-order valence-corrected chi connectivity index (χ1v) is 9.46. The van der Waals surface area contributed by atoms with Crippen LogP contribution in [0, 0.1) is 0 Å². The van der Waals surface area contributed by atoms with Crippen molar-refractivity contribution in [2.75, 3.05) is 25.0 Å². The van der Waals surface area contributed by atoms with E-state index in [-0.39, 0.29) is 24.1 Å². The molecule has 0 spiro atoms. The number of pyridine rings is 1. The first-order valence-electron chi connectivity index (χ1n) is 7.22. The topological polar surface area (TPSA) is 77.5 Å². The van der Waals surface area contributed by atoms with Crippen LogP contribution in [0.1, 0.15) is 5.56 Å². The molecule has 2 aromatic rings. The van der Waals surface area contributed by atoms with Crippen molar-refractivity contribution < 1.29 is 31.1 Å². The number of methoxy groups -OCH3 is 1. The van der Waals surface area contributed by atoms with Gasteiger partial charge in [-0.1, -0.05) is 23.2 Å². The molecule has 0 saturated carbocycles. The highest BCUT2D eigenvalue weighted by molar-refractivity contribution is 7.92. The molecule has 0 atom stereocenters. The summed E-state index contributed by atoms with van der Waals surface area (Å²) in [5, 5.41) is -0.467. The Balaban J connectivity index is 2.44. The summed E-state index contributed by atoms with van der Waals surface area (Å²) in [5.41, 5.74) is -1.47. The number of sulfonamides is 1. The number of alkyl halides is 3. The number of ether oxygens (including phenoxy) is 2. The smallest absolute Gasteiger partial charge is 0.416 e. The molecule has 0 bridgehead atoms.